The lowest BCUT2D eigenvalue weighted by molar-refractivity contribution is -0.119. The summed E-state index contributed by atoms with van der Waals surface area (Å²) in [6.07, 6.45) is 0.851. The maximum Gasteiger partial charge on any atom is 0.242 e. The van der Waals surface area contributed by atoms with Crippen molar-refractivity contribution in [3.05, 3.63) is 59.4 Å². The molecule has 3 rings (SSSR count). The van der Waals surface area contributed by atoms with Gasteiger partial charge in [0, 0.05) is 12.5 Å². The lowest BCUT2D eigenvalue weighted by Gasteiger charge is -2.13. The molecule has 0 bridgehead atoms. The number of hydrogen-bond acceptors (Lipinski definition) is 7. The second kappa shape index (κ2) is 8.74. The first-order chi connectivity index (χ1) is 14.3. The highest BCUT2D eigenvalue weighted by Gasteiger charge is 2.20. The van der Waals surface area contributed by atoms with Gasteiger partial charge < -0.3 is 16.2 Å². The molecule has 0 radical (unpaired) electrons. The average molecular weight is 416 g/mol. The number of hydrogen-bond donors (Lipinski definition) is 3. The molecule has 1 atom stereocenters. The highest BCUT2D eigenvalue weighted by Crippen LogP contribution is 2.21. The number of halogens is 2. The molecule has 1 unspecified atom stereocenters. The number of amides is 1. The van der Waals surface area contributed by atoms with Crippen molar-refractivity contribution in [1.82, 2.24) is 19.7 Å². The Labute approximate surface area is 169 Å². The third-order valence-electron chi connectivity index (χ3n) is 4.23. The van der Waals surface area contributed by atoms with Gasteiger partial charge in [-0.05, 0) is 12.1 Å². The third kappa shape index (κ3) is 4.46. The molecule has 0 saturated heterocycles. The molecule has 156 valence electrons. The van der Waals surface area contributed by atoms with Gasteiger partial charge in [0.2, 0.25) is 5.91 Å². The van der Waals surface area contributed by atoms with Crippen molar-refractivity contribution in [3.8, 4) is 11.5 Å². The SMILES string of the molecule is CC(=O)c1cc(-c2ncc(F)c(NC(CO)C(N)=O)n2)nn1Cc1ccccc1F. The van der Waals surface area contributed by atoms with Crippen LogP contribution in [-0.4, -0.2) is 49.2 Å². The molecule has 2 aromatic heterocycles. The molecule has 11 heteroatoms. The number of nitrogens with one attached hydrogen (secondary N) is 1. The molecule has 30 heavy (non-hydrogen) atoms. The Balaban J connectivity index is 1.98. The van der Waals surface area contributed by atoms with Crippen LogP contribution >= 0.6 is 0 Å². The van der Waals surface area contributed by atoms with E-state index in [0.29, 0.717) is 5.56 Å². The molecule has 3 aromatic rings. The number of aliphatic hydroxyl groups is 1. The molecule has 1 amide bonds. The first kappa shape index (κ1) is 21.0. The Morgan fingerprint density at radius 2 is 2.00 bits per heavy atom. The highest BCUT2D eigenvalue weighted by atomic mass is 19.1. The summed E-state index contributed by atoms with van der Waals surface area (Å²) in [5.41, 5.74) is 5.77. The maximum absolute atomic E-state index is 14.0. The summed E-state index contributed by atoms with van der Waals surface area (Å²) in [5.74, 6) is -2.96. The standard InChI is InChI=1S/C19H18F2N6O3/c1-10(29)16-6-14(26-27(16)8-11-4-2-3-5-12(11)20)19-23-7-13(21)18(25-19)24-15(9-28)17(22)30/h2-7,15,28H,8-9H2,1H3,(H2,22,30)(H,23,24,25). The van der Waals surface area contributed by atoms with Crippen molar-refractivity contribution >= 4 is 17.5 Å². The van der Waals surface area contributed by atoms with E-state index in [-0.39, 0.29) is 35.4 Å². The van der Waals surface area contributed by atoms with Gasteiger partial charge in [-0.25, -0.2) is 18.7 Å². The van der Waals surface area contributed by atoms with E-state index in [4.69, 9.17) is 5.73 Å². The number of benzene rings is 1. The van der Waals surface area contributed by atoms with E-state index in [2.05, 4.69) is 20.4 Å². The van der Waals surface area contributed by atoms with Crippen molar-refractivity contribution in [3.63, 3.8) is 0 Å². The Hall–Kier alpha value is -3.73. The molecule has 4 N–H and O–H groups in total. The first-order valence-electron chi connectivity index (χ1n) is 8.82. The highest BCUT2D eigenvalue weighted by molar-refractivity contribution is 5.93. The van der Waals surface area contributed by atoms with Crippen LogP contribution in [-0.2, 0) is 11.3 Å². The minimum atomic E-state index is -1.26. The number of ketones is 1. The van der Waals surface area contributed by atoms with Gasteiger partial charge in [0.25, 0.3) is 0 Å². The van der Waals surface area contributed by atoms with Crippen LogP contribution < -0.4 is 11.1 Å². The Bertz CT molecular complexity index is 1100. The fraction of sp³-hybridized carbons (Fsp3) is 0.211. The van der Waals surface area contributed by atoms with Crippen molar-refractivity contribution < 1.29 is 23.5 Å². The van der Waals surface area contributed by atoms with Gasteiger partial charge in [0.05, 0.1) is 19.3 Å². The van der Waals surface area contributed by atoms with Crippen molar-refractivity contribution in [1.29, 1.82) is 0 Å². The van der Waals surface area contributed by atoms with E-state index < -0.39 is 30.2 Å². The average Bonchev–Trinajstić information content (AvgIpc) is 3.13. The molecular weight excluding hydrogens is 398 g/mol. The number of nitrogens with zero attached hydrogens (tertiary/aromatic N) is 4. The second-order valence-electron chi connectivity index (χ2n) is 6.39. The van der Waals surface area contributed by atoms with Crippen LogP contribution in [0.1, 0.15) is 23.0 Å². The summed E-state index contributed by atoms with van der Waals surface area (Å²) in [6, 6.07) is 6.21. The lowest BCUT2D eigenvalue weighted by atomic mass is 10.2. The van der Waals surface area contributed by atoms with Crippen LogP contribution in [0.4, 0.5) is 14.6 Å². The van der Waals surface area contributed by atoms with E-state index >= 15 is 0 Å². The molecule has 0 aliphatic carbocycles. The predicted octanol–water partition coefficient (Wildman–Crippen LogP) is 1.13. The number of anilines is 1. The predicted molar refractivity (Wildman–Crippen MR) is 102 cm³/mol. The smallest absolute Gasteiger partial charge is 0.242 e. The van der Waals surface area contributed by atoms with Crippen molar-refractivity contribution in [2.45, 2.75) is 19.5 Å². The molecule has 0 aliphatic heterocycles. The Morgan fingerprint density at radius 1 is 1.27 bits per heavy atom. The van der Waals surface area contributed by atoms with E-state index in [9.17, 15) is 23.5 Å². The lowest BCUT2D eigenvalue weighted by Crippen LogP contribution is -2.38. The topological polar surface area (TPSA) is 136 Å². The Morgan fingerprint density at radius 3 is 2.63 bits per heavy atom. The monoisotopic (exact) mass is 416 g/mol. The zero-order valence-electron chi connectivity index (χ0n) is 15.8. The third-order valence-corrected chi connectivity index (χ3v) is 4.23. The molecule has 0 saturated carbocycles. The van der Waals surface area contributed by atoms with E-state index in [1.165, 1.54) is 23.7 Å². The maximum atomic E-state index is 14.0. The quantitative estimate of drug-likeness (QED) is 0.468. The van der Waals surface area contributed by atoms with E-state index in [0.717, 1.165) is 6.20 Å². The zero-order valence-corrected chi connectivity index (χ0v) is 15.8. The minimum Gasteiger partial charge on any atom is -0.394 e. The van der Waals surface area contributed by atoms with E-state index in [1.807, 2.05) is 0 Å². The molecule has 1 aromatic carbocycles. The summed E-state index contributed by atoms with van der Waals surface area (Å²) in [5, 5.41) is 15.8. The van der Waals surface area contributed by atoms with Crippen LogP contribution in [0.3, 0.4) is 0 Å². The number of nitrogens with two attached hydrogens (primary N) is 1. The van der Waals surface area contributed by atoms with Crippen molar-refractivity contribution in [2.75, 3.05) is 11.9 Å². The van der Waals surface area contributed by atoms with E-state index in [1.54, 1.807) is 18.2 Å². The number of carbonyl (C=O) groups is 2. The van der Waals surface area contributed by atoms with Gasteiger partial charge in [-0.2, -0.15) is 5.10 Å². The largest absolute Gasteiger partial charge is 0.394 e. The summed E-state index contributed by atoms with van der Waals surface area (Å²) in [7, 11) is 0. The Kier molecular flexibility index (Phi) is 6.11. The van der Waals surface area contributed by atoms with Gasteiger partial charge in [-0.1, -0.05) is 18.2 Å². The number of primary amides is 1. The fourth-order valence-corrected chi connectivity index (χ4v) is 2.68. The second-order valence-corrected chi connectivity index (χ2v) is 6.39. The van der Waals surface area contributed by atoms with Gasteiger partial charge >= 0.3 is 0 Å². The van der Waals surface area contributed by atoms with Gasteiger partial charge in [0.1, 0.15) is 23.2 Å². The molecule has 0 spiro atoms. The number of carbonyl (C=O) groups excluding carboxylic acids is 2. The normalized spacial score (nSPS) is 11.9. The summed E-state index contributed by atoms with van der Waals surface area (Å²) >= 11 is 0. The van der Waals surface area contributed by atoms with Gasteiger partial charge in [-0.15, -0.1) is 0 Å². The van der Waals surface area contributed by atoms with Crippen LogP contribution in [0, 0.1) is 11.6 Å². The minimum absolute atomic E-state index is 0.0118. The summed E-state index contributed by atoms with van der Waals surface area (Å²) in [4.78, 5) is 31.1. The fourth-order valence-electron chi connectivity index (χ4n) is 2.68. The van der Waals surface area contributed by atoms with Crippen LogP contribution in [0.25, 0.3) is 11.5 Å². The van der Waals surface area contributed by atoms with Crippen LogP contribution in [0.2, 0.25) is 0 Å². The van der Waals surface area contributed by atoms with Crippen LogP contribution in [0.5, 0.6) is 0 Å². The molecular formula is C19H18F2N6O3. The molecule has 0 aliphatic rings. The first-order valence-corrected chi connectivity index (χ1v) is 8.82. The number of aliphatic hydroxyl groups excluding tert-OH is 1. The molecule has 9 nitrogen and oxygen atoms in total. The molecule has 0 fully saturated rings. The zero-order chi connectivity index (χ0) is 21.8. The number of Topliss-reactive ketones (excluding diaryl/α,β-unsaturated/α-hetero) is 1. The summed E-state index contributed by atoms with van der Waals surface area (Å²) in [6.45, 7) is 0.651. The molecule has 2 heterocycles. The summed E-state index contributed by atoms with van der Waals surface area (Å²) < 4.78 is 29.3. The van der Waals surface area contributed by atoms with Gasteiger partial charge in [0.15, 0.2) is 23.2 Å². The van der Waals surface area contributed by atoms with Crippen molar-refractivity contribution in [2.24, 2.45) is 5.73 Å². The number of rotatable bonds is 8. The number of aromatic nitrogens is 4. The van der Waals surface area contributed by atoms with Crippen LogP contribution in [0.15, 0.2) is 36.5 Å². The van der Waals surface area contributed by atoms with Gasteiger partial charge in [-0.3, -0.25) is 14.3 Å².